The van der Waals surface area contributed by atoms with Crippen LogP contribution < -0.4 is 10.1 Å². The molecule has 0 aliphatic carbocycles. The van der Waals surface area contributed by atoms with Crippen LogP contribution in [0.3, 0.4) is 0 Å². The molecule has 0 spiro atoms. The van der Waals surface area contributed by atoms with Crippen LogP contribution in [-0.2, 0) is 16.8 Å². The van der Waals surface area contributed by atoms with Gasteiger partial charge in [-0.2, -0.15) is 18.4 Å². The quantitative estimate of drug-likeness (QED) is 0.316. The number of nitrogens with zero attached hydrogens (tertiary/aromatic N) is 1. The third-order valence-electron chi connectivity index (χ3n) is 5.86. The summed E-state index contributed by atoms with van der Waals surface area (Å²) >= 11 is 17.6. The molecule has 0 aromatic heterocycles. The Balaban J connectivity index is 1.70. The van der Waals surface area contributed by atoms with Gasteiger partial charge in [0.25, 0.3) is 0 Å². The highest BCUT2D eigenvalue weighted by Gasteiger charge is 2.61. The molecular formula is C26H18Cl3F3N2O2. The summed E-state index contributed by atoms with van der Waals surface area (Å²) in [5.41, 5.74) is -0.709. The summed E-state index contributed by atoms with van der Waals surface area (Å²) in [6.07, 6.45) is -4.55. The zero-order valence-electron chi connectivity index (χ0n) is 18.6. The topological polar surface area (TPSA) is 62.1 Å². The molecule has 4 nitrogen and oxygen atoms in total. The number of amides is 1. The van der Waals surface area contributed by atoms with Crippen molar-refractivity contribution in [2.24, 2.45) is 0 Å². The van der Waals surface area contributed by atoms with E-state index in [9.17, 15) is 23.2 Å². The summed E-state index contributed by atoms with van der Waals surface area (Å²) in [5.74, 6) is 0.133. The standard InChI is InChI=1S/C26H18Cl3F3N2O2/c27-7-1-2-24(35)34-22-9-16(3-4-17(22)14-33)15-5-6-23-18(8-15)13-25(36-23,26(30,31)32)19-10-20(28)12-21(29)11-19/h3-6,8-12H,1-2,7,13H2,(H,34,35). The predicted molar refractivity (Wildman–Crippen MR) is 134 cm³/mol. The van der Waals surface area contributed by atoms with Gasteiger partial charge in [0.15, 0.2) is 0 Å². The van der Waals surface area contributed by atoms with Crippen LogP contribution in [0.1, 0.15) is 29.5 Å². The molecule has 0 bridgehead atoms. The van der Waals surface area contributed by atoms with Crippen molar-refractivity contribution in [3.8, 4) is 22.9 Å². The summed E-state index contributed by atoms with van der Waals surface area (Å²) in [5, 5.41) is 12.3. The predicted octanol–water partition coefficient (Wildman–Crippen LogP) is 7.88. The molecule has 1 atom stereocenters. The number of carbonyl (C=O) groups excluding carboxylic acids is 1. The molecule has 36 heavy (non-hydrogen) atoms. The first-order chi connectivity index (χ1) is 17.1. The van der Waals surface area contributed by atoms with E-state index in [1.165, 1.54) is 24.3 Å². The van der Waals surface area contributed by atoms with Crippen LogP contribution >= 0.6 is 34.8 Å². The van der Waals surface area contributed by atoms with Crippen molar-refractivity contribution in [2.75, 3.05) is 11.2 Å². The number of anilines is 1. The van der Waals surface area contributed by atoms with Crippen LogP contribution in [-0.4, -0.2) is 18.0 Å². The Morgan fingerprint density at radius 3 is 2.36 bits per heavy atom. The van der Waals surface area contributed by atoms with Crippen molar-refractivity contribution in [1.29, 1.82) is 5.26 Å². The Hall–Kier alpha value is -2.92. The number of nitrogens with one attached hydrogen (secondary N) is 1. The zero-order valence-corrected chi connectivity index (χ0v) is 20.8. The Bertz CT molecular complexity index is 1350. The van der Waals surface area contributed by atoms with Crippen LogP contribution in [0.25, 0.3) is 11.1 Å². The molecule has 1 amide bonds. The van der Waals surface area contributed by atoms with Crippen molar-refractivity contribution in [2.45, 2.75) is 31.0 Å². The van der Waals surface area contributed by atoms with Crippen molar-refractivity contribution in [1.82, 2.24) is 0 Å². The summed E-state index contributed by atoms with van der Waals surface area (Å²) in [7, 11) is 0. The molecule has 1 aliphatic rings. The highest BCUT2D eigenvalue weighted by Crippen LogP contribution is 2.52. The van der Waals surface area contributed by atoms with Crippen LogP contribution in [0.2, 0.25) is 10.0 Å². The Morgan fingerprint density at radius 2 is 1.72 bits per heavy atom. The fourth-order valence-electron chi connectivity index (χ4n) is 4.12. The number of benzene rings is 3. The minimum atomic E-state index is -4.75. The maximum Gasteiger partial charge on any atom is 0.432 e. The number of alkyl halides is 4. The SMILES string of the molecule is N#Cc1ccc(-c2ccc3c(c2)CC(c2cc(Cl)cc(Cl)c2)(C(F)(F)F)O3)cc1NC(=O)CCCCl. The smallest absolute Gasteiger partial charge is 0.432 e. The van der Waals surface area contributed by atoms with Gasteiger partial charge < -0.3 is 10.1 Å². The second kappa shape index (κ2) is 10.2. The number of fused-ring (bicyclic) bond motifs is 1. The summed E-state index contributed by atoms with van der Waals surface area (Å²) in [6.45, 7) is 0. The van der Waals surface area contributed by atoms with E-state index in [0.717, 1.165) is 0 Å². The van der Waals surface area contributed by atoms with E-state index in [1.54, 1.807) is 30.3 Å². The number of carbonyl (C=O) groups is 1. The summed E-state index contributed by atoms with van der Waals surface area (Å²) in [4.78, 5) is 12.2. The van der Waals surface area contributed by atoms with Gasteiger partial charge >= 0.3 is 6.18 Å². The maximum absolute atomic E-state index is 14.4. The van der Waals surface area contributed by atoms with E-state index in [-0.39, 0.29) is 39.2 Å². The third kappa shape index (κ3) is 5.12. The Labute approximate surface area is 220 Å². The molecule has 1 N–H and O–H groups in total. The molecule has 3 aromatic rings. The lowest BCUT2D eigenvalue weighted by atomic mass is 9.87. The molecule has 0 saturated carbocycles. The van der Waals surface area contributed by atoms with E-state index in [0.29, 0.717) is 34.7 Å². The number of rotatable bonds is 6. The minimum Gasteiger partial charge on any atom is -0.472 e. The number of halogens is 6. The summed E-state index contributed by atoms with van der Waals surface area (Å²) < 4.78 is 48.8. The molecule has 186 valence electrons. The number of hydrogen-bond acceptors (Lipinski definition) is 3. The minimum absolute atomic E-state index is 0.0691. The highest BCUT2D eigenvalue weighted by atomic mass is 35.5. The zero-order chi connectivity index (χ0) is 26.1. The van der Waals surface area contributed by atoms with Gasteiger partial charge in [0.1, 0.15) is 11.8 Å². The molecule has 4 rings (SSSR count). The monoisotopic (exact) mass is 552 g/mol. The fourth-order valence-corrected chi connectivity index (χ4v) is 4.78. The number of nitriles is 1. The first kappa shape index (κ1) is 26.2. The first-order valence-corrected chi connectivity index (χ1v) is 12.1. The van der Waals surface area contributed by atoms with Crippen LogP contribution in [0.4, 0.5) is 18.9 Å². The molecule has 1 heterocycles. The Morgan fingerprint density at radius 1 is 1.06 bits per heavy atom. The number of hydrogen-bond donors (Lipinski definition) is 1. The molecular weight excluding hydrogens is 536 g/mol. The van der Waals surface area contributed by atoms with Crippen LogP contribution in [0.5, 0.6) is 5.75 Å². The van der Waals surface area contributed by atoms with Crippen LogP contribution in [0.15, 0.2) is 54.6 Å². The Kier molecular flexibility index (Phi) is 7.42. The van der Waals surface area contributed by atoms with E-state index in [1.807, 2.05) is 6.07 Å². The van der Waals surface area contributed by atoms with E-state index >= 15 is 0 Å². The maximum atomic E-state index is 14.4. The van der Waals surface area contributed by atoms with Crippen molar-refractivity contribution in [3.05, 3.63) is 81.3 Å². The van der Waals surface area contributed by atoms with Gasteiger partial charge in [-0.15, -0.1) is 11.6 Å². The van der Waals surface area contributed by atoms with Gasteiger partial charge in [-0.05, 0) is 65.6 Å². The fraction of sp³-hybridized carbons (Fsp3) is 0.231. The molecule has 0 radical (unpaired) electrons. The molecule has 10 heteroatoms. The van der Waals surface area contributed by atoms with E-state index in [4.69, 9.17) is 39.5 Å². The van der Waals surface area contributed by atoms with Gasteiger partial charge in [0.2, 0.25) is 11.5 Å². The summed E-state index contributed by atoms with van der Waals surface area (Å²) in [6, 6.07) is 15.3. The lowest BCUT2D eigenvalue weighted by Gasteiger charge is -2.31. The lowest BCUT2D eigenvalue weighted by molar-refractivity contribution is -0.248. The third-order valence-corrected chi connectivity index (χ3v) is 6.56. The molecule has 1 unspecified atom stereocenters. The van der Waals surface area contributed by atoms with Crippen molar-refractivity contribution < 1.29 is 22.7 Å². The van der Waals surface area contributed by atoms with Crippen LogP contribution in [0, 0.1) is 11.3 Å². The van der Waals surface area contributed by atoms with E-state index in [2.05, 4.69) is 5.32 Å². The van der Waals surface area contributed by atoms with Gasteiger partial charge in [0.05, 0.1) is 11.3 Å². The van der Waals surface area contributed by atoms with Crippen molar-refractivity contribution in [3.63, 3.8) is 0 Å². The highest BCUT2D eigenvalue weighted by molar-refractivity contribution is 6.34. The average Bonchev–Trinajstić information content (AvgIpc) is 3.22. The van der Waals surface area contributed by atoms with Gasteiger partial charge in [-0.3, -0.25) is 4.79 Å². The first-order valence-electron chi connectivity index (χ1n) is 10.8. The van der Waals surface area contributed by atoms with E-state index < -0.39 is 18.2 Å². The molecule has 1 aliphatic heterocycles. The van der Waals surface area contributed by atoms with Gasteiger partial charge in [0, 0.05) is 34.3 Å². The number of ether oxygens (including phenoxy) is 1. The average molecular weight is 554 g/mol. The molecule has 3 aromatic carbocycles. The molecule has 0 saturated heterocycles. The molecule has 0 fully saturated rings. The second-order valence-electron chi connectivity index (χ2n) is 8.30. The van der Waals surface area contributed by atoms with Gasteiger partial charge in [-0.1, -0.05) is 35.3 Å². The van der Waals surface area contributed by atoms with Gasteiger partial charge in [-0.25, -0.2) is 0 Å². The van der Waals surface area contributed by atoms with Crippen molar-refractivity contribution >= 4 is 46.4 Å². The second-order valence-corrected chi connectivity index (χ2v) is 9.55. The largest absolute Gasteiger partial charge is 0.472 e. The lowest BCUT2D eigenvalue weighted by Crippen LogP contribution is -2.46. The normalized spacial score (nSPS) is 16.7.